The van der Waals surface area contributed by atoms with E-state index in [2.05, 4.69) is 89.7 Å². The van der Waals surface area contributed by atoms with Gasteiger partial charge < -0.3 is 70.6 Å². The van der Waals surface area contributed by atoms with Gasteiger partial charge in [-0.05, 0) is 38.1 Å². The number of nitrogens with zero attached hydrogens (tertiary/aromatic N) is 10. The van der Waals surface area contributed by atoms with E-state index in [4.69, 9.17) is 30.4 Å². The summed E-state index contributed by atoms with van der Waals surface area (Å²) in [5, 5.41) is 36.3. The zero-order valence-electron chi connectivity index (χ0n) is 30.6. The molecule has 4 aliphatic heterocycles. The fourth-order valence-corrected chi connectivity index (χ4v) is 6.33. The molecule has 4 aliphatic rings. The standard InChI is InChI=1S/2C18H27N5O2.Ag.2H2O/c2*1-16-22(10-12-25)7-8-23(16)14-18-4-2-3-17(19-18)13-21-6-5-20(15-21)9-11-24;;;/h2*2-8,16,24-25H,9-15H2,1H3;;2*1H2/q;;+1;;/p-2. The van der Waals surface area contributed by atoms with Gasteiger partial charge >= 0.3 is 22.4 Å². The molecule has 0 fully saturated rings. The molecule has 17 heteroatoms. The van der Waals surface area contributed by atoms with E-state index in [0.717, 1.165) is 62.3 Å². The van der Waals surface area contributed by atoms with Crippen molar-refractivity contribution in [3.05, 3.63) is 109 Å². The summed E-state index contributed by atoms with van der Waals surface area (Å²) < 4.78 is 0. The number of aliphatic hydroxyl groups excluding tert-OH is 4. The molecule has 2 aromatic heterocycles. The van der Waals surface area contributed by atoms with Crippen molar-refractivity contribution in [1.82, 2.24) is 49.2 Å². The van der Waals surface area contributed by atoms with E-state index in [0.29, 0.717) is 26.2 Å². The molecule has 0 amide bonds. The zero-order valence-corrected chi connectivity index (χ0v) is 32.1. The summed E-state index contributed by atoms with van der Waals surface area (Å²) in [6.45, 7) is 12.1. The molecule has 16 nitrogen and oxygen atoms in total. The Morgan fingerprint density at radius 3 is 1.15 bits per heavy atom. The summed E-state index contributed by atoms with van der Waals surface area (Å²) in [5.41, 5.74) is 4.15. The second kappa shape index (κ2) is 23.1. The van der Waals surface area contributed by atoms with Gasteiger partial charge in [-0.1, -0.05) is 12.1 Å². The third kappa shape index (κ3) is 13.2. The smallest absolute Gasteiger partial charge is 0.870 e. The molecule has 2 atom stereocenters. The minimum Gasteiger partial charge on any atom is -0.870 e. The number of hydrogen-bond donors (Lipinski definition) is 4. The summed E-state index contributed by atoms with van der Waals surface area (Å²) in [6.07, 6.45) is 16.7. The Morgan fingerprint density at radius 2 is 0.792 bits per heavy atom. The molecule has 298 valence electrons. The largest absolute Gasteiger partial charge is 1.00 e. The summed E-state index contributed by atoms with van der Waals surface area (Å²) in [6, 6.07) is 12.3. The van der Waals surface area contributed by atoms with Gasteiger partial charge in [-0.15, -0.1) is 0 Å². The molecule has 0 bridgehead atoms. The minimum absolute atomic E-state index is 0. The van der Waals surface area contributed by atoms with Crippen LogP contribution in [-0.2, 0) is 48.6 Å². The normalized spacial score (nSPS) is 18.5. The fraction of sp³-hybridized carbons (Fsp3) is 0.500. The van der Waals surface area contributed by atoms with Crippen molar-refractivity contribution in [3.8, 4) is 0 Å². The average Bonchev–Trinajstić information content (AvgIpc) is 3.90. The van der Waals surface area contributed by atoms with Gasteiger partial charge in [-0.3, -0.25) is 9.97 Å². The van der Waals surface area contributed by atoms with Gasteiger partial charge in [0.1, 0.15) is 0 Å². The number of aromatic nitrogens is 2. The van der Waals surface area contributed by atoms with E-state index in [9.17, 15) is 0 Å². The molecular formula is C36H56AgN10O6-. The predicted octanol–water partition coefficient (Wildman–Crippen LogP) is 0.739. The van der Waals surface area contributed by atoms with Crippen LogP contribution < -0.4 is 0 Å². The number of aliphatic hydroxyl groups is 4. The molecule has 2 aromatic rings. The molecule has 0 aliphatic carbocycles. The van der Waals surface area contributed by atoms with Crippen LogP contribution in [0.2, 0.25) is 0 Å². The molecule has 2 unspecified atom stereocenters. The first-order valence-electron chi connectivity index (χ1n) is 17.4. The molecule has 6 rings (SSSR count). The number of β-amino-alcohol motifs (C(OH)–C–C–N with tert-alkyl or cyclic N) is 4. The van der Waals surface area contributed by atoms with Crippen LogP contribution in [0.1, 0.15) is 36.6 Å². The van der Waals surface area contributed by atoms with E-state index in [1.165, 1.54) is 0 Å². The first-order chi connectivity index (χ1) is 24.4. The van der Waals surface area contributed by atoms with Crippen molar-refractivity contribution in [2.24, 2.45) is 0 Å². The van der Waals surface area contributed by atoms with Crippen molar-refractivity contribution < 1.29 is 53.8 Å². The summed E-state index contributed by atoms with van der Waals surface area (Å²) >= 11 is 0. The summed E-state index contributed by atoms with van der Waals surface area (Å²) in [4.78, 5) is 26.8. The van der Waals surface area contributed by atoms with E-state index < -0.39 is 0 Å². The maximum absolute atomic E-state index is 9.11. The first kappa shape index (κ1) is 45.3. The summed E-state index contributed by atoms with van der Waals surface area (Å²) in [5.74, 6) is 0. The Hall–Kier alpha value is -3.84. The van der Waals surface area contributed by atoms with E-state index in [1.807, 2.05) is 49.3 Å². The third-order valence-corrected chi connectivity index (χ3v) is 9.16. The van der Waals surface area contributed by atoms with Gasteiger partial charge in [-0.25, -0.2) is 0 Å². The third-order valence-electron chi connectivity index (χ3n) is 9.16. The Labute approximate surface area is 328 Å². The van der Waals surface area contributed by atoms with Crippen molar-refractivity contribution >= 4 is 0 Å². The molecule has 6 N–H and O–H groups in total. The number of pyridine rings is 2. The Balaban J connectivity index is 0.000000347. The molecule has 0 aromatic carbocycles. The first-order valence-corrected chi connectivity index (χ1v) is 17.4. The van der Waals surface area contributed by atoms with Crippen molar-refractivity contribution in [2.45, 2.75) is 52.4 Å². The van der Waals surface area contributed by atoms with Gasteiger partial charge in [0.05, 0.1) is 101 Å². The van der Waals surface area contributed by atoms with Crippen LogP contribution in [0.25, 0.3) is 0 Å². The Bertz CT molecular complexity index is 1360. The van der Waals surface area contributed by atoms with E-state index >= 15 is 0 Å². The Morgan fingerprint density at radius 1 is 0.472 bits per heavy atom. The molecule has 0 saturated heterocycles. The summed E-state index contributed by atoms with van der Waals surface area (Å²) in [7, 11) is 0. The maximum atomic E-state index is 9.11. The quantitative estimate of drug-likeness (QED) is 0.173. The van der Waals surface area contributed by atoms with Crippen LogP contribution in [0.4, 0.5) is 0 Å². The number of hydrogen-bond acceptors (Lipinski definition) is 16. The van der Waals surface area contributed by atoms with Crippen LogP contribution in [0, 0.1) is 0 Å². The molecule has 0 saturated carbocycles. The maximum Gasteiger partial charge on any atom is 1.00 e. The fourth-order valence-electron chi connectivity index (χ4n) is 6.33. The molecule has 0 spiro atoms. The molecular weight excluding hydrogens is 776 g/mol. The number of rotatable bonds is 16. The second-order valence-corrected chi connectivity index (χ2v) is 12.8. The average molecular weight is 833 g/mol. The van der Waals surface area contributed by atoms with E-state index in [-0.39, 0.29) is 72.1 Å². The Kier molecular flexibility index (Phi) is 19.7. The molecule has 6 heterocycles. The van der Waals surface area contributed by atoms with Crippen molar-refractivity contribution in [2.75, 3.05) is 65.9 Å². The van der Waals surface area contributed by atoms with Gasteiger partial charge in [0.2, 0.25) is 0 Å². The van der Waals surface area contributed by atoms with Crippen LogP contribution in [0.5, 0.6) is 0 Å². The van der Waals surface area contributed by atoms with Crippen LogP contribution in [0.15, 0.2) is 86.0 Å². The van der Waals surface area contributed by atoms with Crippen molar-refractivity contribution in [1.29, 1.82) is 0 Å². The van der Waals surface area contributed by atoms with E-state index in [1.54, 1.807) is 0 Å². The SMILES string of the molecule is CC1N(CCO)C=CN1Cc1cccc(CN2C=CN(CCO)C2)n1.CC1N(CCO)C=CN1Cc1cccc(CN2C=CN(CCO)C2)n1.[Ag+].[OH-].[OH-]. The predicted molar refractivity (Wildman–Crippen MR) is 195 cm³/mol. The minimum atomic E-state index is 0. The second-order valence-electron chi connectivity index (χ2n) is 12.8. The van der Waals surface area contributed by atoms with Gasteiger partial charge in [0, 0.05) is 75.8 Å². The van der Waals surface area contributed by atoms with Crippen LogP contribution >= 0.6 is 0 Å². The molecule has 53 heavy (non-hydrogen) atoms. The van der Waals surface area contributed by atoms with Gasteiger partial charge in [0.25, 0.3) is 0 Å². The van der Waals surface area contributed by atoms with Gasteiger partial charge in [0.15, 0.2) is 0 Å². The van der Waals surface area contributed by atoms with Crippen LogP contribution in [-0.4, -0.2) is 159 Å². The zero-order chi connectivity index (χ0) is 35.3. The monoisotopic (exact) mass is 831 g/mol. The van der Waals surface area contributed by atoms with Crippen LogP contribution in [0.3, 0.4) is 0 Å². The molecule has 0 radical (unpaired) electrons. The van der Waals surface area contributed by atoms with Crippen molar-refractivity contribution in [3.63, 3.8) is 0 Å². The van der Waals surface area contributed by atoms with Gasteiger partial charge in [-0.2, -0.15) is 0 Å². The topological polar surface area (TPSA) is 193 Å².